The Labute approximate surface area is 210 Å². The van der Waals surface area contributed by atoms with Crippen molar-refractivity contribution in [3.63, 3.8) is 0 Å². The summed E-state index contributed by atoms with van der Waals surface area (Å²) in [5, 5.41) is 6.32. The molecule has 1 heterocycles. The Morgan fingerprint density at radius 2 is 1.58 bits per heavy atom. The third-order valence-electron chi connectivity index (χ3n) is 5.76. The first-order valence-corrected chi connectivity index (χ1v) is 12.8. The molecule has 3 aromatic carbocycles. The van der Waals surface area contributed by atoms with Gasteiger partial charge < -0.3 is 14.6 Å². The zero-order chi connectivity index (χ0) is 25.8. The smallest absolute Gasteiger partial charge is 0.263 e. The van der Waals surface area contributed by atoms with E-state index in [2.05, 4.69) is 41.2 Å². The van der Waals surface area contributed by atoms with E-state index in [0.717, 1.165) is 5.56 Å². The maximum absolute atomic E-state index is 12.5. The Morgan fingerprint density at radius 1 is 0.944 bits per heavy atom. The number of benzene rings is 3. The molecule has 9 heteroatoms. The summed E-state index contributed by atoms with van der Waals surface area (Å²) in [5.74, 6) is 0.794. The van der Waals surface area contributed by atoms with Gasteiger partial charge in [-0.1, -0.05) is 61.5 Å². The summed E-state index contributed by atoms with van der Waals surface area (Å²) in [6, 6.07) is 25.2. The molecule has 0 atom stereocenters. The number of rotatable bonds is 9. The summed E-state index contributed by atoms with van der Waals surface area (Å²) in [6.07, 6.45) is 0. The minimum Gasteiger partial charge on any atom is -0.484 e. The van der Waals surface area contributed by atoms with Gasteiger partial charge in [0.15, 0.2) is 12.4 Å². The van der Waals surface area contributed by atoms with Crippen LogP contribution in [0.2, 0.25) is 0 Å². The van der Waals surface area contributed by atoms with Crippen LogP contribution in [0.15, 0.2) is 94.3 Å². The summed E-state index contributed by atoms with van der Waals surface area (Å²) in [4.78, 5) is 12.4. The molecule has 0 saturated heterocycles. The molecule has 1 aromatic heterocycles. The molecule has 186 valence electrons. The first-order valence-electron chi connectivity index (χ1n) is 11.3. The van der Waals surface area contributed by atoms with E-state index in [4.69, 9.17) is 9.26 Å². The highest BCUT2D eigenvalue weighted by Crippen LogP contribution is 2.32. The largest absolute Gasteiger partial charge is 0.484 e. The predicted molar refractivity (Wildman–Crippen MR) is 138 cm³/mol. The van der Waals surface area contributed by atoms with Crippen LogP contribution in [0.25, 0.3) is 0 Å². The topological polar surface area (TPSA) is 111 Å². The molecule has 0 bridgehead atoms. The number of sulfonamides is 1. The lowest BCUT2D eigenvalue weighted by molar-refractivity contribution is -0.118. The molecule has 0 aliphatic heterocycles. The van der Waals surface area contributed by atoms with Crippen LogP contribution in [0, 0.1) is 6.92 Å². The molecular formula is C27H27N3O5S. The standard InChI is InChI=1S/C27H27N3O5S/c1-19-17-25(29-35-19)30-36(32,33)24-15-11-22(12-16-24)28-26(31)18-34-23-13-9-21(10-14-23)27(2,3)20-7-5-4-6-8-20/h4-17H,18H2,1-3H3,(H,28,31)(H,29,30). The van der Waals surface area contributed by atoms with Gasteiger partial charge in [-0.3, -0.25) is 9.52 Å². The van der Waals surface area contributed by atoms with Crippen molar-refractivity contribution in [3.8, 4) is 5.75 Å². The molecule has 1 amide bonds. The molecule has 0 saturated carbocycles. The fourth-order valence-corrected chi connectivity index (χ4v) is 4.65. The molecule has 2 N–H and O–H groups in total. The lowest BCUT2D eigenvalue weighted by Gasteiger charge is -2.26. The average Bonchev–Trinajstić information content (AvgIpc) is 3.27. The number of carbonyl (C=O) groups is 1. The van der Waals surface area contributed by atoms with E-state index < -0.39 is 10.0 Å². The zero-order valence-corrected chi connectivity index (χ0v) is 21.0. The lowest BCUT2D eigenvalue weighted by Crippen LogP contribution is -2.21. The average molecular weight is 506 g/mol. The summed E-state index contributed by atoms with van der Waals surface area (Å²) in [5.41, 5.74) is 2.62. The van der Waals surface area contributed by atoms with Crippen molar-refractivity contribution in [2.75, 3.05) is 16.6 Å². The van der Waals surface area contributed by atoms with Crippen LogP contribution < -0.4 is 14.8 Å². The van der Waals surface area contributed by atoms with Gasteiger partial charge in [0.2, 0.25) is 0 Å². The van der Waals surface area contributed by atoms with Crippen LogP contribution >= 0.6 is 0 Å². The molecule has 36 heavy (non-hydrogen) atoms. The van der Waals surface area contributed by atoms with Crippen LogP contribution in [0.1, 0.15) is 30.7 Å². The van der Waals surface area contributed by atoms with Crippen LogP contribution in [0.4, 0.5) is 11.5 Å². The lowest BCUT2D eigenvalue weighted by atomic mass is 9.78. The summed E-state index contributed by atoms with van der Waals surface area (Å²) >= 11 is 0. The minimum absolute atomic E-state index is 0.0240. The van der Waals surface area contributed by atoms with Crippen molar-refractivity contribution < 1.29 is 22.5 Å². The summed E-state index contributed by atoms with van der Waals surface area (Å²) < 4.78 is 37.8. The monoisotopic (exact) mass is 505 g/mol. The van der Waals surface area contributed by atoms with Crippen LogP contribution in [-0.2, 0) is 20.2 Å². The maximum atomic E-state index is 12.5. The number of nitrogens with zero attached hydrogens (tertiary/aromatic N) is 1. The number of hydrogen-bond acceptors (Lipinski definition) is 6. The van der Waals surface area contributed by atoms with Gasteiger partial charge in [-0.05, 0) is 54.4 Å². The molecule has 0 fully saturated rings. The van der Waals surface area contributed by atoms with Crippen LogP contribution in [-0.4, -0.2) is 26.1 Å². The second-order valence-electron chi connectivity index (χ2n) is 8.80. The third-order valence-corrected chi connectivity index (χ3v) is 7.13. The van der Waals surface area contributed by atoms with Gasteiger partial charge in [0, 0.05) is 17.2 Å². The number of amides is 1. The van der Waals surface area contributed by atoms with Gasteiger partial charge in [0.25, 0.3) is 15.9 Å². The first kappa shape index (κ1) is 25.0. The third kappa shape index (κ3) is 5.92. The Bertz CT molecular complexity index is 1430. The predicted octanol–water partition coefficient (Wildman–Crippen LogP) is 5.13. The molecule has 0 aliphatic rings. The highest BCUT2D eigenvalue weighted by atomic mass is 32.2. The van der Waals surface area contributed by atoms with Crippen molar-refractivity contribution in [2.24, 2.45) is 0 Å². The van der Waals surface area contributed by atoms with Crippen molar-refractivity contribution in [3.05, 3.63) is 102 Å². The molecule has 0 spiro atoms. The quantitative estimate of drug-likeness (QED) is 0.326. The molecule has 8 nitrogen and oxygen atoms in total. The van der Waals surface area contributed by atoms with E-state index in [9.17, 15) is 13.2 Å². The molecule has 4 rings (SSSR count). The first-order chi connectivity index (χ1) is 17.1. The second kappa shape index (κ2) is 10.2. The van der Waals surface area contributed by atoms with Crippen molar-refractivity contribution in [2.45, 2.75) is 31.1 Å². The van der Waals surface area contributed by atoms with Gasteiger partial charge >= 0.3 is 0 Å². The van der Waals surface area contributed by atoms with Crippen LogP contribution in [0.5, 0.6) is 5.75 Å². The Kier molecular flexibility index (Phi) is 7.12. The molecule has 0 unspecified atom stereocenters. The van der Waals surface area contributed by atoms with Gasteiger partial charge in [-0.25, -0.2) is 8.42 Å². The highest BCUT2D eigenvalue weighted by Gasteiger charge is 2.22. The van der Waals surface area contributed by atoms with Gasteiger partial charge in [0.05, 0.1) is 4.90 Å². The van der Waals surface area contributed by atoms with Crippen molar-refractivity contribution in [1.82, 2.24) is 5.16 Å². The molecule has 0 aliphatic carbocycles. The number of aryl methyl sites for hydroxylation is 1. The summed E-state index contributed by atoms with van der Waals surface area (Å²) in [6.45, 7) is 5.79. The van der Waals surface area contributed by atoms with Gasteiger partial charge in [-0.2, -0.15) is 0 Å². The zero-order valence-electron chi connectivity index (χ0n) is 20.2. The molecular weight excluding hydrogens is 478 g/mol. The number of anilines is 2. The fourth-order valence-electron chi connectivity index (χ4n) is 3.66. The highest BCUT2D eigenvalue weighted by molar-refractivity contribution is 7.92. The molecule has 4 aromatic rings. The van der Waals surface area contributed by atoms with E-state index in [-0.39, 0.29) is 28.6 Å². The maximum Gasteiger partial charge on any atom is 0.263 e. The SMILES string of the molecule is Cc1cc(NS(=O)(=O)c2ccc(NC(=O)COc3ccc(C(C)(C)c4ccccc4)cc3)cc2)no1. The number of nitrogens with one attached hydrogen (secondary N) is 2. The van der Waals surface area contributed by atoms with Gasteiger partial charge in [-0.15, -0.1) is 0 Å². The normalized spacial score (nSPS) is 11.6. The van der Waals surface area contributed by atoms with E-state index in [1.165, 1.54) is 35.9 Å². The van der Waals surface area contributed by atoms with E-state index in [0.29, 0.717) is 17.2 Å². The van der Waals surface area contributed by atoms with Gasteiger partial charge in [0.1, 0.15) is 11.5 Å². The van der Waals surface area contributed by atoms with Crippen molar-refractivity contribution >= 4 is 27.4 Å². The van der Waals surface area contributed by atoms with E-state index in [1.807, 2.05) is 42.5 Å². The van der Waals surface area contributed by atoms with Crippen LogP contribution in [0.3, 0.4) is 0 Å². The number of ether oxygens (including phenoxy) is 1. The van der Waals surface area contributed by atoms with E-state index in [1.54, 1.807) is 6.92 Å². The molecule has 0 radical (unpaired) electrons. The Balaban J connectivity index is 1.31. The summed E-state index contributed by atoms with van der Waals surface area (Å²) in [7, 11) is -3.83. The second-order valence-corrected chi connectivity index (χ2v) is 10.5. The van der Waals surface area contributed by atoms with E-state index >= 15 is 0 Å². The number of aromatic nitrogens is 1. The fraction of sp³-hybridized carbons (Fsp3) is 0.185. The Morgan fingerprint density at radius 3 is 2.19 bits per heavy atom. The number of carbonyl (C=O) groups excluding carboxylic acids is 1. The Hall–Kier alpha value is -4.11. The van der Waals surface area contributed by atoms with Crippen molar-refractivity contribution in [1.29, 1.82) is 0 Å². The minimum atomic E-state index is -3.83. The number of hydrogen-bond donors (Lipinski definition) is 2.